The summed E-state index contributed by atoms with van der Waals surface area (Å²) < 4.78 is 33.8. The van der Waals surface area contributed by atoms with Gasteiger partial charge in [-0.05, 0) is 70.6 Å². The topological polar surface area (TPSA) is 210 Å². The summed E-state index contributed by atoms with van der Waals surface area (Å²) >= 11 is 0. The zero-order valence-electron chi connectivity index (χ0n) is 46.2. The maximum absolute atomic E-state index is 12.9. The highest BCUT2D eigenvalue weighted by atomic mass is 31.2. The van der Waals surface area contributed by atoms with Crippen LogP contribution in [0.2, 0.25) is 0 Å². The molecule has 1 saturated carbocycles. The Kier molecular flexibility index (Phi) is 45.8. The van der Waals surface area contributed by atoms with Crippen LogP contribution in [-0.4, -0.2) is 98.3 Å². The third kappa shape index (κ3) is 40.0. The second kappa shape index (κ2) is 48.4. The van der Waals surface area contributed by atoms with Crippen LogP contribution in [0.5, 0.6) is 0 Å². The highest BCUT2D eigenvalue weighted by molar-refractivity contribution is 7.47. The van der Waals surface area contributed by atoms with E-state index in [9.17, 15) is 44.6 Å². The van der Waals surface area contributed by atoms with E-state index in [1.54, 1.807) is 0 Å². The largest absolute Gasteiger partial charge is 0.472 e. The Bertz CT molecular complexity index is 1410. The maximum Gasteiger partial charge on any atom is 0.472 e. The van der Waals surface area contributed by atoms with Crippen LogP contribution in [-0.2, 0) is 32.7 Å². The third-order valence-electron chi connectivity index (χ3n) is 14.0. The van der Waals surface area contributed by atoms with E-state index in [0.717, 1.165) is 57.8 Å². The van der Waals surface area contributed by atoms with Crippen molar-refractivity contribution in [1.82, 2.24) is 0 Å². The molecule has 73 heavy (non-hydrogen) atoms. The summed E-state index contributed by atoms with van der Waals surface area (Å²) in [7, 11) is -5.13. The maximum atomic E-state index is 12.9. The molecule has 13 nitrogen and oxygen atoms in total. The summed E-state index contributed by atoms with van der Waals surface area (Å²) in [6.07, 6.45) is 46.1. The predicted octanol–water partition coefficient (Wildman–Crippen LogP) is 14.1. The van der Waals surface area contributed by atoms with Crippen LogP contribution in [0.4, 0.5) is 0 Å². The molecule has 6 N–H and O–H groups in total. The molecule has 0 bridgehead atoms. The first-order valence-electron chi connectivity index (χ1n) is 29.8. The number of carbonyl (C=O) groups is 2. The van der Waals surface area contributed by atoms with Gasteiger partial charge in [-0.3, -0.25) is 18.6 Å². The number of esters is 2. The van der Waals surface area contributed by atoms with Crippen LogP contribution in [0.1, 0.15) is 271 Å². The van der Waals surface area contributed by atoms with Crippen LogP contribution in [0.3, 0.4) is 0 Å². The van der Waals surface area contributed by atoms with Crippen molar-refractivity contribution in [2.75, 3.05) is 13.2 Å². The fourth-order valence-electron chi connectivity index (χ4n) is 9.20. The predicted molar refractivity (Wildman–Crippen MR) is 295 cm³/mol. The number of unbranched alkanes of at least 4 members (excludes halogenated alkanes) is 33. The van der Waals surface area contributed by atoms with Crippen molar-refractivity contribution < 1.29 is 63.1 Å². The van der Waals surface area contributed by atoms with Gasteiger partial charge >= 0.3 is 19.8 Å². The van der Waals surface area contributed by atoms with Gasteiger partial charge in [0.15, 0.2) is 6.10 Å². The first-order chi connectivity index (χ1) is 35.4. The fourth-order valence-corrected chi connectivity index (χ4v) is 10.2. The fraction of sp³-hybridized carbons (Fsp3) is 0.864. The van der Waals surface area contributed by atoms with Crippen molar-refractivity contribution in [3.63, 3.8) is 0 Å². The molecule has 14 heteroatoms. The van der Waals surface area contributed by atoms with Gasteiger partial charge in [-0.25, -0.2) is 4.57 Å². The Morgan fingerprint density at radius 2 is 0.740 bits per heavy atom. The molecule has 0 aliphatic heterocycles. The summed E-state index contributed by atoms with van der Waals surface area (Å²) in [4.78, 5) is 36.0. The number of ether oxygens (including phenoxy) is 2. The molecule has 1 fully saturated rings. The monoisotopic (exact) mass is 1060 g/mol. The van der Waals surface area contributed by atoms with Gasteiger partial charge in [0.05, 0.1) is 6.61 Å². The summed E-state index contributed by atoms with van der Waals surface area (Å²) in [6, 6.07) is 0. The number of phosphoric acid groups is 1. The lowest BCUT2D eigenvalue weighted by molar-refractivity contribution is -0.220. The minimum atomic E-state index is -5.13. The van der Waals surface area contributed by atoms with E-state index in [2.05, 4.69) is 50.3 Å². The number of phosphoric ester groups is 1. The molecule has 0 aromatic rings. The van der Waals surface area contributed by atoms with E-state index in [4.69, 9.17) is 18.5 Å². The van der Waals surface area contributed by atoms with Gasteiger partial charge in [0.25, 0.3) is 0 Å². The average Bonchev–Trinajstić information content (AvgIpc) is 3.37. The Hall–Kier alpha value is -1.93. The first-order valence-corrected chi connectivity index (χ1v) is 31.3. The van der Waals surface area contributed by atoms with Gasteiger partial charge in [-0.2, -0.15) is 0 Å². The molecule has 0 aromatic heterocycles. The SMILES string of the molecule is CCCCCCC/C=C\C/C=C\CCCCCCCCCCCC(=O)OC(COC(=O)CCCCCCCCCCCCC/C=C\CCCCCCCCCC)COP(=O)(O)OC1C(O)C(O)C(O)C(O)C1O. The lowest BCUT2D eigenvalue weighted by Gasteiger charge is -2.41. The number of rotatable bonds is 51. The van der Waals surface area contributed by atoms with Crippen LogP contribution < -0.4 is 0 Å². The van der Waals surface area contributed by atoms with Crippen molar-refractivity contribution in [2.45, 2.75) is 313 Å². The molecule has 6 unspecified atom stereocenters. The van der Waals surface area contributed by atoms with Crippen molar-refractivity contribution in [1.29, 1.82) is 0 Å². The normalized spacial score (nSPS) is 20.6. The van der Waals surface area contributed by atoms with Crippen molar-refractivity contribution >= 4 is 19.8 Å². The molecule has 0 spiro atoms. The summed E-state index contributed by atoms with van der Waals surface area (Å²) in [5.74, 6) is -1.09. The van der Waals surface area contributed by atoms with E-state index < -0.39 is 75.7 Å². The smallest absolute Gasteiger partial charge is 0.462 e. The number of aliphatic hydroxyl groups is 5. The van der Waals surface area contributed by atoms with E-state index in [1.807, 2.05) is 0 Å². The lowest BCUT2D eigenvalue weighted by Crippen LogP contribution is -2.64. The zero-order chi connectivity index (χ0) is 53.5. The Balaban J connectivity index is 2.32. The number of carbonyl (C=O) groups excluding carboxylic acids is 2. The zero-order valence-corrected chi connectivity index (χ0v) is 47.1. The molecule has 428 valence electrons. The number of hydrogen-bond acceptors (Lipinski definition) is 12. The molecule has 0 saturated heterocycles. The minimum absolute atomic E-state index is 0.0932. The molecule has 6 atom stereocenters. The van der Waals surface area contributed by atoms with E-state index in [0.29, 0.717) is 12.8 Å². The number of aliphatic hydroxyl groups excluding tert-OH is 5. The van der Waals surface area contributed by atoms with Crippen molar-refractivity contribution in [3.8, 4) is 0 Å². The quantitative estimate of drug-likeness (QED) is 0.0145. The van der Waals surface area contributed by atoms with Gasteiger partial charge < -0.3 is 39.9 Å². The summed E-state index contributed by atoms with van der Waals surface area (Å²) in [6.45, 7) is 3.34. The molecule has 0 amide bonds. The average molecular weight is 1060 g/mol. The third-order valence-corrected chi connectivity index (χ3v) is 14.9. The standard InChI is InChI=1S/C59H109O13P/c1-3-5-7-9-11-13-15-17-19-21-23-25-26-28-29-31-33-35-37-39-41-43-45-47-52(60)69-49-51(50-70-73(67,68)72-59-57(65)55(63)54(62)56(64)58(59)66)71-53(61)48-46-44-42-40-38-36-34-32-30-27-24-22-20-18-16-14-12-10-8-6-4-2/h16,18,21-24,51,54-59,62-66H,3-15,17,19-20,25-50H2,1-2H3,(H,67,68)/b18-16-,23-21-,24-22-. The molecule has 1 rings (SSSR count). The Morgan fingerprint density at radius 3 is 1.12 bits per heavy atom. The minimum Gasteiger partial charge on any atom is -0.462 e. The molecule has 0 aromatic carbocycles. The summed E-state index contributed by atoms with van der Waals surface area (Å²) in [5.41, 5.74) is 0. The van der Waals surface area contributed by atoms with Crippen LogP contribution in [0.15, 0.2) is 36.5 Å². The summed E-state index contributed by atoms with van der Waals surface area (Å²) in [5, 5.41) is 50.4. The Labute approximate surface area is 444 Å². The van der Waals surface area contributed by atoms with E-state index in [-0.39, 0.29) is 12.8 Å². The van der Waals surface area contributed by atoms with Crippen molar-refractivity contribution in [3.05, 3.63) is 36.5 Å². The molecular weight excluding hydrogens is 948 g/mol. The van der Waals surface area contributed by atoms with Gasteiger partial charge in [-0.1, -0.05) is 224 Å². The van der Waals surface area contributed by atoms with Crippen LogP contribution in [0, 0.1) is 0 Å². The van der Waals surface area contributed by atoms with E-state index >= 15 is 0 Å². The number of hydrogen-bond donors (Lipinski definition) is 6. The second-order valence-corrected chi connectivity index (χ2v) is 22.3. The molecule has 0 heterocycles. The first kappa shape index (κ1) is 69.1. The molecular formula is C59H109O13P. The van der Waals surface area contributed by atoms with Crippen LogP contribution >= 0.6 is 7.82 Å². The highest BCUT2D eigenvalue weighted by Crippen LogP contribution is 2.47. The van der Waals surface area contributed by atoms with Crippen molar-refractivity contribution in [2.24, 2.45) is 0 Å². The molecule has 0 radical (unpaired) electrons. The van der Waals surface area contributed by atoms with Crippen LogP contribution in [0.25, 0.3) is 0 Å². The Morgan fingerprint density at radius 1 is 0.425 bits per heavy atom. The van der Waals surface area contributed by atoms with Gasteiger partial charge in [0, 0.05) is 12.8 Å². The second-order valence-electron chi connectivity index (χ2n) is 20.8. The van der Waals surface area contributed by atoms with E-state index in [1.165, 1.54) is 173 Å². The highest BCUT2D eigenvalue weighted by Gasteiger charge is 2.51. The van der Waals surface area contributed by atoms with Gasteiger partial charge in [0.2, 0.25) is 0 Å². The van der Waals surface area contributed by atoms with Gasteiger partial charge in [-0.15, -0.1) is 0 Å². The molecule has 1 aliphatic rings. The molecule has 1 aliphatic carbocycles. The lowest BCUT2D eigenvalue weighted by atomic mass is 9.85. The number of allylic oxidation sites excluding steroid dienone is 6. The van der Waals surface area contributed by atoms with Gasteiger partial charge in [0.1, 0.15) is 43.2 Å².